The lowest BCUT2D eigenvalue weighted by molar-refractivity contribution is 0.628. The first-order valence-electron chi connectivity index (χ1n) is 5.96. The van der Waals surface area contributed by atoms with Crippen molar-refractivity contribution in [2.45, 2.75) is 13.3 Å². The van der Waals surface area contributed by atoms with Crippen LogP contribution in [0.25, 0.3) is 16.9 Å². The highest BCUT2D eigenvalue weighted by Gasteiger charge is 2.17. The summed E-state index contributed by atoms with van der Waals surface area (Å²) < 4.78 is 14.4. The predicted octanol–water partition coefficient (Wildman–Crippen LogP) is 3.80. The zero-order chi connectivity index (χ0) is 14.3. The molecule has 0 bridgehead atoms. The molecular formula is C13H9Cl2FN4. The number of rotatable bonds is 2. The number of hydrogen-bond acceptors (Lipinski definition) is 3. The maximum atomic E-state index is 13.0. The van der Waals surface area contributed by atoms with Gasteiger partial charge in [-0.15, -0.1) is 5.10 Å². The van der Waals surface area contributed by atoms with Gasteiger partial charge in [-0.3, -0.25) is 0 Å². The highest BCUT2D eigenvalue weighted by Crippen LogP contribution is 2.33. The van der Waals surface area contributed by atoms with Crippen molar-refractivity contribution >= 4 is 29.0 Å². The van der Waals surface area contributed by atoms with Gasteiger partial charge >= 0.3 is 0 Å². The maximum Gasteiger partial charge on any atom is 0.255 e. The first-order valence-corrected chi connectivity index (χ1v) is 6.72. The van der Waals surface area contributed by atoms with Crippen molar-refractivity contribution in [2.75, 3.05) is 0 Å². The second kappa shape index (κ2) is 5.00. The molecule has 0 saturated carbocycles. The average molecular weight is 311 g/mol. The zero-order valence-electron chi connectivity index (χ0n) is 10.4. The molecule has 0 aliphatic carbocycles. The fourth-order valence-corrected chi connectivity index (χ4v) is 2.52. The van der Waals surface area contributed by atoms with Crippen LogP contribution in [-0.4, -0.2) is 19.6 Å². The highest BCUT2D eigenvalue weighted by atomic mass is 35.5. The highest BCUT2D eigenvalue weighted by molar-refractivity contribution is 6.38. The standard InChI is InChI=1S/C13H9Cl2FN4/c1-2-9-17-13-18-11(14)10(12(15)20(13)19-9)7-3-5-8(16)6-4-7/h3-6H,2H2,1H3. The maximum absolute atomic E-state index is 13.0. The fourth-order valence-electron chi connectivity index (χ4n) is 1.89. The molecule has 102 valence electrons. The van der Waals surface area contributed by atoms with Gasteiger partial charge in [-0.05, 0) is 17.7 Å². The van der Waals surface area contributed by atoms with Crippen LogP contribution in [0.1, 0.15) is 12.7 Å². The molecule has 7 heteroatoms. The predicted molar refractivity (Wildman–Crippen MR) is 75.6 cm³/mol. The summed E-state index contributed by atoms with van der Waals surface area (Å²) in [6, 6.07) is 5.86. The Hall–Kier alpha value is -1.72. The van der Waals surface area contributed by atoms with E-state index in [9.17, 15) is 4.39 Å². The van der Waals surface area contributed by atoms with Crippen molar-refractivity contribution < 1.29 is 4.39 Å². The van der Waals surface area contributed by atoms with Gasteiger partial charge < -0.3 is 0 Å². The smallest absolute Gasteiger partial charge is 0.207 e. The van der Waals surface area contributed by atoms with Crippen molar-refractivity contribution in [3.05, 3.63) is 46.2 Å². The topological polar surface area (TPSA) is 43.1 Å². The van der Waals surface area contributed by atoms with Crippen LogP contribution >= 0.6 is 23.2 Å². The molecular weight excluding hydrogens is 302 g/mol. The van der Waals surface area contributed by atoms with E-state index in [1.54, 1.807) is 12.1 Å². The number of fused-ring (bicyclic) bond motifs is 1. The van der Waals surface area contributed by atoms with E-state index in [1.165, 1.54) is 16.6 Å². The van der Waals surface area contributed by atoms with E-state index < -0.39 is 0 Å². The van der Waals surface area contributed by atoms with Gasteiger partial charge in [-0.25, -0.2) is 4.39 Å². The van der Waals surface area contributed by atoms with Gasteiger partial charge in [-0.1, -0.05) is 42.3 Å². The lowest BCUT2D eigenvalue weighted by Crippen LogP contribution is -1.97. The van der Waals surface area contributed by atoms with E-state index in [1.807, 2.05) is 6.92 Å². The largest absolute Gasteiger partial charge is 0.255 e. The van der Waals surface area contributed by atoms with Crippen LogP contribution in [0.3, 0.4) is 0 Å². The summed E-state index contributed by atoms with van der Waals surface area (Å²) in [6.45, 7) is 1.94. The van der Waals surface area contributed by atoms with E-state index in [0.717, 1.165) is 0 Å². The summed E-state index contributed by atoms with van der Waals surface area (Å²) in [5.74, 6) is 0.651. The van der Waals surface area contributed by atoms with Crippen LogP contribution in [0.4, 0.5) is 4.39 Å². The molecule has 0 radical (unpaired) electrons. The van der Waals surface area contributed by atoms with Crippen molar-refractivity contribution in [1.82, 2.24) is 19.6 Å². The monoisotopic (exact) mass is 310 g/mol. The Bertz CT molecular complexity index is 783. The second-order valence-corrected chi connectivity index (χ2v) is 4.88. The Morgan fingerprint density at radius 2 is 1.85 bits per heavy atom. The van der Waals surface area contributed by atoms with Gasteiger partial charge in [0.1, 0.15) is 16.1 Å². The molecule has 2 aromatic heterocycles. The third-order valence-corrected chi connectivity index (χ3v) is 3.50. The lowest BCUT2D eigenvalue weighted by atomic mass is 10.1. The van der Waals surface area contributed by atoms with Gasteiger partial charge in [-0.2, -0.15) is 14.5 Å². The summed E-state index contributed by atoms with van der Waals surface area (Å²) in [5.41, 5.74) is 1.18. The molecule has 0 fully saturated rings. The average Bonchev–Trinajstić information content (AvgIpc) is 2.84. The van der Waals surface area contributed by atoms with Crippen LogP contribution in [0, 0.1) is 5.82 Å². The molecule has 0 saturated heterocycles. The Morgan fingerprint density at radius 1 is 1.15 bits per heavy atom. The van der Waals surface area contributed by atoms with Gasteiger partial charge in [0.2, 0.25) is 0 Å². The molecule has 3 rings (SSSR count). The van der Waals surface area contributed by atoms with E-state index in [0.29, 0.717) is 34.3 Å². The van der Waals surface area contributed by atoms with Crippen molar-refractivity contribution in [1.29, 1.82) is 0 Å². The zero-order valence-corrected chi connectivity index (χ0v) is 12.0. The normalized spacial score (nSPS) is 11.2. The van der Waals surface area contributed by atoms with Crippen LogP contribution < -0.4 is 0 Å². The number of benzene rings is 1. The summed E-state index contributed by atoms with van der Waals surface area (Å²) in [7, 11) is 0. The summed E-state index contributed by atoms with van der Waals surface area (Å²) >= 11 is 12.5. The van der Waals surface area contributed by atoms with Gasteiger partial charge in [0, 0.05) is 6.42 Å². The number of hydrogen-bond donors (Lipinski definition) is 0. The van der Waals surface area contributed by atoms with Crippen LogP contribution in [0.2, 0.25) is 10.3 Å². The molecule has 0 amide bonds. The molecule has 0 unspecified atom stereocenters. The Kier molecular flexibility index (Phi) is 3.31. The molecule has 0 aliphatic rings. The van der Waals surface area contributed by atoms with E-state index in [-0.39, 0.29) is 11.0 Å². The molecule has 0 spiro atoms. The lowest BCUT2D eigenvalue weighted by Gasteiger charge is -2.07. The quantitative estimate of drug-likeness (QED) is 0.676. The number of aromatic nitrogens is 4. The van der Waals surface area contributed by atoms with Crippen molar-refractivity contribution in [3.8, 4) is 11.1 Å². The van der Waals surface area contributed by atoms with Gasteiger partial charge in [0.05, 0.1) is 5.56 Å². The minimum atomic E-state index is -0.330. The summed E-state index contributed by atoms with van der Waals surface area (Å²) in [5, 5.41) is 4.77. The first kappa shape index (κ1) is 13.3. The molecule has 2 heterocycles. The van der Waals surface area contributed by atoms with E-state index in [2.05, 4.69) is 15.1 Å². The SMILES string of the molecule is CCc1nc2nc(Cl)c(-c3ccc(F)cc3)c(Cl)n2n1. The molecule has 4 nitrogen and oxygen atoms in total. The molecule has 3 aromatic rings. The third kappa shape index (κ3) is 2.13. The Labute approximate surface area is 124 Å². The number of aryl methyl sites for hydroxylation is 1. The molecule has 20 heavy (non-hydrogen) atoms. The molecule has 0 atom stereocenters. The molecule has 0 N–H and O–H groups in total. The minimum absolute atomic E-state index is 0.212. The minimum Gasteiger partial charge on any atom is -0.207 e. The van der Waals surface area contributed by atoms with Crippen LogP contribution in [0.15, 0.2) is 24.3 Å². The number of halogens is 3. The molecule has 1 aromatic carbocycles. The van der Waals surface area contributed by atoms with Crippen LogP contribution in [-0.2, 0) is 6.42 Å². The van der Waals surface area contributed by atoms with Gasteiger partial charge in [0.15, 0.2) is 5.82 Å². The van der Waals surface area contributed by atoms with E-state index in [4.69, 9.17) is 23.2 Å². The summed E-state index contributed by atoms with van der Waals surface area (Å²) in [6.07, 6.45) is 0.670. The second-order valence-electron chi connectivity index (χ2n) is 4.17. The summed E-state index contributed by atoms with van der Waals surface area (Å²) in [4.78, 5) is 8.39. The van der Waals surface area contributed by atoms with Crippen molar-refractivity contribution in [3.63, 3.8) is 0 Å². The van der Waals surface area contributed by atoms with Crippen molar-refractivity contribution in [2.24, 2.45) is 0 Å². The molecule has 0 aliphatic heterocycles. The third-order valence-electron chi connectivity index (χ3n) is 2.88. The number of nitrogens with zero attached hydrogens (tertiary/aromatic N) is 4. The van der Waals surface area contributed by atoms with Crippen LogP contribution in [0.5, 0.6) is 0 Å². The first-order chi connectivity index (χ1) is 9.60. The van der Waals surface area contributed by atoms with Gasteiger partial charge in [0.25, 0.3) is 5.78 Å². The van der Waals surface area contributed by atoms with E-state index >= 15 is 0 Å². The Balaban J connectivity index is 2.27. The fraction of sp³-hybridized carbons (Fsp3) is 0.154. The Morgan fingerprint density at radius 3 is 2.50 bits per heavy atom.